The molecule has 1 unspecified atom stereocenters. The zero-order valence-corrected chi connectivity index (χ0v) is 31.2. The van der Waals surface area contributed by atoms with Crippen LogP contribution in [0.15, 0.2) is 54.7 Å². The third-order valence-corrected chi connectivity index (χ3v) is 11.1. The second kappa shape index (κ2) is 15.7. The molecule has 0 bridgehead atoms. The van der Waals surface area contributed by atoms with E-state index in [2.05, 4.69) is 31.2 Å². The molecule has 1 saturated heterocycles. The molecule has 7 rings (SSSR count). The van der Waals surface area contributed by atoms with Gasteiger partial charge in [-0.25, -0.2) is 0 Å². The molecule has 2 aromatic heterocycles. The summed E-state index contributed by atoms with van der Waals surface area (Å²) in [5.41, 5.74) is 3.67. The number of carbonyl (C=O) groups excluding carboxylic acids is 1. The van der Waals surface area contributed by atoms with Crippen molar-refractivity contribution < 1.29 is 37.3 Å². The Balaban J connectivity index is 1.15. The van der Waals surface area contributed by atoms with Gasteiger partial charge in [-0.2, -0.15) is 18.2 Å². The maximum atomic E-state index is 14.6. The average molecular weight is 779 g/mol. The van der Waals surface area contributed by atoms with E-state index >= 15 is 0 Å². The molecule has 4 aromatic rings. The molecule has 11 nitrogen and oxygen atoms in total. The van der Waals surface area contributed by atoms with Crippen molar-refractivity contribution in [3.05, 3.63) is 87.6 Å². The van der Waals surface area contributed by atoms with Crippen LogP contribution < -0.4 is 30.7 Å². The molecule has 2 aliphatic carbocycles. The summed E-state index contributed by atoms with van der Waals surface area (Å²) in [6.45, 7) is 1.05. The normalized spacial score (nSPS) is 18.7. The number of rotatable bonds is 14. The number of amides is 1. The van der Waals surface area contributed by atoms with Gasteiger partial charge in [0.1, 0.15) is 17.1 Å². The van der Waals surface area contributed by atoms with Crippen LogP contribution in [0.4, 0.5) is 19.0 Å². The van der Waals surface area contributed by atoms with Crippen LogP contribution in [-0.2, 0) is 35.3 Å². The Labute approximate surface area is 321 Å². The number of alkyl halides is 3. The highest BCUT2D eigenvalue weighted by molar-refractivity contribution is 6.35. The number of aromatic nitrogens is 2. The number of carbonyl (C=O) groups is 2. The van der Waals surface area contributed by atoms with Gasteiger partial charge in [0.05, 0.1) is 36.5 Å². The zero-order valence-electron chi connectivity index (χ0n) is 30.4. The summed E-state index contributed by atoms with van der Waals surface area (Å²) in [5.74, 6) is -0.692. The Morgan fingerprint density at radius 2 is 1.85 bits per heavy atom. The summed E-state index contributed by atoms with van der Waals surface area (Å²) in [6.07, 6.45) is 1.04. The predicted molar refractivity (Wildman–Crippen MR) is 201 cm³/mol. The van der Waals surface area contributed by atoms with E-state index in [1.807, 2.05) is 42.5 Å². The first-order valence-electron chi connectivity index (χ1n) is 18.2. The van der Waals surface area contributed by atoms with E-state index in [9.17, 15) is 27.9 Å². The monoisotopic (exact) mass is 778 g/mol. The van der Waals surface area contributed by atoms with Crippen LogP contribution in [0.5, 0.6) is 11.6 Å². The Morgan fingerprint density at radius 1 is 1.04 bits per heavy atom. The SMILES string of the molecule is COc1cc(-c2nccc(-c3cccc4c3CCC[C@@H]4Nc3nc(OC)c(CNC4(C(=O)O)CC4)cc3C(F)(F)F)c2Cl)ccc1CNCC1CCC(=O)N1. The number of pyridine rings is 2. The van der Waals surface area contributed by atoms with E-state index in [-0.39, 0.29) is 35.8 Å². The number of aliphatic carboxylic acids is 1. The van der Waals surface area contributed by atoms with Gasteiger partial charge in [-0.1, -0.05) is 41.9 Å². The standard InChI is InChI=1S/C40H42ClF3N6O5/c1-54-32-18-22(9-10-23(32)19-45-21-25-11-12-33(51)48-25)35-34(41)29(13-16-46-35)27-5-3-7-28-26(27)6-4-8-31(28)49-36-30(40(42,43)44)17-24(37(50-36)55-2)20-47-39(14-15-39)38(52)53/h3,5,7,9-10,13,16-18,25,31,45,47H,4,6,8,11-12,14-15,19-21H2,1-2H3,(H,48,51)(H,49,50)(H,52,53)/t25?,31-/m0/s1. The number of hydrogen-bond acceptors (Lipinski definition) is 9. The summed E-state index contributed by atoms with van der Waals surface area (Å²) in [5, 5.41) is 22.3. The Bertz CT molecular complexity index is 2110. The van der Waals surface area contributed by atoms with Crippen LogP contribution in [0.25, 0.3) is 22.4 Å². The summed E-state index contributed by atoms with van der Waals surface area (Å²) in [6, 6.07) is 14.0. The molecule has 0 radical (unpaired) electrons. The minimum absolute atomic E-state index is 0.0231. The van der Waals surface area contributed by atoms with Crippen molar-refractivity contribution in [2.24, 2.45) is 0 Å². The fourth-order valence-electron chi connectivity index (χ4n) is 7.54. The molecule has 290 valence electrons. The maximum Gasteiger partial charge on any atom is 0.419 e. The molecule has 55 heavy (non-hydrogen) atoms. The van der Waals surface area contributed by atoms with E-state index in [0.717, 1.165) is 45.9 Å². The topological polar surface area (TPSA) is 147 Å². The second-order valence-electron chi connectivity index (χ2n) is 14.2. The van der Waals surface area contributed by atoms with Crippen molar-refractivity contribution in [3.63, 3.8) is 0 Å². The number of methoxy groups -OCH3 is 2. The Morgan fingerprint density at radius 3 is 2.55 bits per heavy atom. The third kappa shape index (κ3) is 8.07. The number of carboxylic acid groups (broad SMARTS) is 1. The van der Waals surface area contributed by atoms with Gasteiger partial charge in [0.2, 0.25) is 11.8 Å². The molecule has 2 aromatic carbocycles. The van der Waals surface area contributed by atoms with Gasteiger partial charge < -0.3 is 30.5 Å². The van der Waals surface area contributed by atoms with Crippen molar-refractivity contribution in [1.82, 2.24) is 25.9 Å². The predicted octanol–water partition coefficient (Wildman–Crippen LogP) is 7.06. The molecule has 1 amide bonds. The highest BCUT2D eigenvalue weighted by Gasteiger charge is 2.50. The lowest BCUT2D eigenvalue weighted by Crippen LogP contribution is -2.38. The van der Waals surface area contributed by atoms with E-state index in [1.54, 1.807) is 13.3 Å². The minimum atomic E-state index is -4.74. The molecule has 3 heterocycles. The first-order valence-corrected chi connectivity index (χ1v) is 18.6. The van der Waals surface area contributed by atoms with Crippen LogP contribution in [0.2, 0.25) is 5.02 Å². The van der Waals surface area contributed by atoms with Gasteiger partial charge in [-0.05, 0) is 73.4 Å². The lowest BCUT2D eigenvalue weighted by molar-refractivity contribution is -0.141. The first kappa shape index (κ1) is 38.4. The molecule has 1 saturated carbocycles. The van der Waals surface area contributed by atoms with Crippen LogP contribution >= 0.6 is 11.6 Å². The molecular formula is C40H42ClF3N6O5. The number of ether oxygens (including phenoxy) is 2. The van der Waals surface area contributed by atoms with Gasteiger partial charge in [-0.15, -0.1) is 0 Å². The largest absolute Gasteiger partial charge is 0.496 e. The second-order valence-corrected chi connectivity index (χ2v) is 14.6. The molecule has 3 aliphatic rings. The highest BCUT2D eigenvalue weighted by Crippen LogP contribution is 2.44. The summed E-state index contributed by atoms with van der Waals surface area (Å²) < 4.78 is 54.8. The summed E-state index contributed by atoms with van der Waals surface area (Å²) >= 11 is 7.13. The molecule has 5 N–H and O–H groups in total. The van der Waals surface area contributed by atoms with Crippen LogP contribution in [0.1, 0.15) is 72.4 Å². The van der Waals surface area contributed by atoms with Crippen LogP contribution in [0, 0.1) is 0 Å². The van der Waals surface area contributed by atoms with Crippen molar-refractivity contribution in [2.45, 2.75) is 81.8 Å². The minimum Gasteiger partial charge on any atom is -0.496 e. The number of halogens is 4. The fraction of sp³-hybridized carbons (Fsp3) is 0.400. The highest BCUT2D eigenvalue weighted by atomic mass is 35.5. The molecule has 2 atom stereocenters. The molecule has 2 fully saturated rings. The van der Waals surface area contributed by atoms with Gasteiger partial charge in [0.15, 0.2) is 0 Å². The van der Waals surface area contributed by atoms with Crippen LogP contribution in [-0.4, -0.2) is 59.3 Å². The molecule has 1 aliphatic heterocycles. The summed E-state index contributed by atoms with van der Waals surface area (Å²) in [7, 11) is 2.93. The first-order chi connectivity index (χ1) is 26.4. The third-order valence-electron chi connectivity index (χ3n) is 10.7. The smallest absolute Gasteiger partial charge is 0.419 e. The average Bonchev–Trinajstić information content (AvgIpc) is 3.86. The number of nitrogens with one attached hydrogen (secondary N) is 4. The van der Waals surface area contributed by atoms with Crippen molar-refractivity contribution in [1.29, 1.82) is 0 Å². The lowest BCUT2D eigenvalue weighted by atomic mass is 9.83. The van der Waals surface area contributed by atoms with E-state index in [0.29, 0.717) is 68.1 Å². The summed E-state index contributed by atoms with van der Waals surface area (Å²) in [4.78, 5) is 32.1. The van der Waals surface area contributed by atoms with E-state index in [4.69, 9.17) is 21.1 Å². The molecular weight excluding hydrogens is 737 g/mol. The van der Waals surface area contributed by atoms with Gasteiger partial charge >= 0.3 is 12.1 Å². The number of anilines is 1. The van der Waals surface area contributed by atoms with Crippen molar-refractivity contribution in [3.8, 4) is 34.0 Å². The number of hydrogen-bond donors (Lipinski definition) is 5. The van der Waals surface area contributed by atoms with E-state index < -0.39 is 29.3 Å². The van der Waals surface area contributed by atoms with Gasteiger partial charge in [-0.3, -0.25) is 19.9 Å². The maximum absolute atomic E-state index is 14.6. The molecule has 15 heteroatoms. The zero-order chi connectivity index (χ0) is 38.9. The lowest BCUT2D eigenvalue weighted by Gasteiger charge is -2.30. The number of fused-ring (bicyclic) bond motifs is 1. The van der Waals surface area contributed by atoms with Crippen molar-refractivity contribution >= 4 is 29.3 Å². The molecule has 0 spiro atoms. The Hall–Kier alpha value is -4.92. The quantitative estimate of drug-likeness (QED) is 0.0902. The van der Waals surface area contributed by atoms with Crippen LogP contribution in [0.3, 0.4) is 0 Å². The Kier molecular flexibility index (Phi) is 10.9. The fourth-order valence-corrected chi connectivity index (χ4v) is 7.86. The van der Waals surface area contributed by atoms with Gasteiger partial charge in [0, 0.05) is 60.5 Å². The van der Waals surface area contributed by atoms with E-state index in [1.165, 1.54) is 7.11 Å². The number of benzene rings is 2. The van der Waals surface area contributed by atoms with Crippen molar-refractivity contribution in [2.75, 3.05) is 26.1 Å². The van der Waals surface area contributed by atoms with Gasteiger partial charge in [0.25, 0.3) is 0 Å². The number of nitrogens with zero attached hydrogens (tertiary/aromatic N) is 2. The number of carboxylic acids is 1.